The number of anilines is 1. The molecule has 158 valence electrons. The fourth-order valence-corrected chi connectivity index (χ4v) is 3.89. The Balaban J connectivity index is 1.62. The molecule has 1 amide bonds. The predicted molar refractivity (Wildman–Crippen MR) is 122 cm³/mol. The minimum atomic E-state index is -0.379. The number of hydrogen-bond donors (Lipinski definition) is 1. The lowest BCUT2D eigenvalue weighted by atomic mass is 10.2. The Labute approximate surface area is 193 Å². The average Bonchev–Trinajstić information content (AvgIpc) is 3.07. The van der Waals surface area contributed by atoms with Gasteiger partial charge in [0.2, 0.25) is 5.91 Å². The minimum absolute atomic E-state index is 0.133. The van der Waals surface area contributed by atoms with Gasteiger partial charge in [-0.25, -0.2) is 0 Å². The lowest BCUT2D eigenvalue weighted by molar-refractivity contribution is -0.113. The molecule has 0 fully saturated rings. The Morgan fingerprint density at radius 1 is 1.20 bits per heavy atom. The third kappa shape index (κ3) is 5.40. The van der Waals surface area contributed by atoms with Gasteiger partial charge < -0.3 is 14.6 Å². The van der Waals surface area contributed by atoms with Gasteiger partial charge >= 0.3 is 0 Å². The molecule has 0 bridgehead atoms. The SMILES string of the molecule is Cc1ccc(Cl)c(OC(C)c2nnc(SCC(=O)Nc3cccc(Cl)c3Cl)n2C)c1. The van der Waals surface area contributed by atoms with Crippen LogP contribution in [-0.2, 0) is 11.8 Å². The topological polar surface area (TPSA) is 69.0 Å². The molecule has 1 atom stereocenters. The number of thioether (sulfide) groups is 1. The van der Waals surface area contributed by atoms with Crippen LogP contribution in [0.25, 0.3) is 0 Å². The van der Waals surface area contributed by atoms with Crippen molar-refractivity contribution in [3.8, 4) is 5.75 Å². The van der Waals surface area contributed by atoms with Crippen molar-refractivity contribution in [1.29, 1.82) is 0 Å². The highest BCUT2D eigenvalue weighted by Crippen LogP contribution is 2.31. The number of halogens is 3. The summed E-state index contributed by atoms with van der Waals surface area (Å²) >= 11 is 19.5. The first-order valence-electron chi connectivity index (χ1n) is 8.95. The predicted octanol–water partition coefficient (Wildman–Crippen LogP) is 5.95. The van der Waals surface area contributed by atoms with Crippen molar-refractivity contribution in [2.45, 2.75) is 25.1 Å². The van der Waals surface area contributed by atoms with E-state index in [0.29, 0.717) is 37.5 Å². The summed E-state index contributed by atoms with van der Waals surface area (Å²) in [4.78, 5) is 12.3. The van der Waals surface area contributed by atoms with Gasteiger partial charge in [0.25, 0.3) is 0 Å². The Morgan fingerprint density at radius 2 is 1.97 bits per heavy atom. The molecule has 0 aliphatic carbocycles. The normalized spacial score (nSPS) is 11.9. The second kappa shape index (κ2) is 9.92. The molecule has 0 aliphatic heterocycles. The van der Waals surface area contributed by atoms with Gasteiger partial charge in [-0.2, -0.15) is 0 Å². The zero-order valence-electron chi connectivity index (χ0n) is 16.4. The number of aromatic nitrogens is 3. The number of carbonyl (C=O) groups is 1. The summed E-state index contributed by atoms with van der Waals surface area (Å²) in [6.07, 6.45) is -0.379. The number of aryl methyl sites for hydroxylation is 1. The maximum atomic E-state index is 12.3. The molecule has 0 spiro atoms. The van der Waals surface area contributed by atoms with Crippen molar-refractivity contribution >= 4 is 58.2 Å². The number of benzene rings is 2. The van der Waals surface area contributed by atoms with Crippen molar-refractivity contribution in [2.24, 2.45) is 7.05 Å². The van der Waals surface area contributed by atoms with Crippen LogP contribution in [0.4, 0.5) is 5.69 Å². The molecule has 10 heteroatoms. The van der Waals surface area contributed by atoms with E-state index in [1.807, 2.05) is 33.0 Å². The van der Waals surface area contributed by atoms with E-state index in [-0.39, 0.29) is 17.8 Å². The average molecular weight is 486 g/mol. The molecule has 3 aromatic rings. The van der Waals surface area contributed by atoms with Crippen LogP contribution in [0.15, 0.2) is 41.6 Å². The Hall–Kier alpha value is -1.93. The highest BCUT2D eigenvalue weighted by Gasteiger charge is 2.19. The van der Waals surface area contributed by atoms with E-state index in [9.17, 15) is 4.79 Å². The summed E-state index contributed by atoms with van der Waals surface area (Å²) in [7, 11) is 1.82. The van der Waals surface area contributed by atoms with E-state index < -0.39 is 0 Å². The van der Waals surface area contributed by atoms with Crippen LogP contribution in [0.1, 0.15) is 24.4 Å². The van der Waals surface area contributed by atoms with Gasteiger partial charge in [0.05, 0.1) is 26.5 Å². The molecule has 0 saturated carbocycles. The quantitative estimate of drug-likeness (QED) is 0.418. The Bertz CT molecular complexity index is 1070. The summed E-state index contributed by atoms with van der Waals surface area (Å²) in [6, 6.07) is 10.6. The van der Waals surface area contributed by atoms with E-state index in [1.165, 1.54) is 11.8 Å². The molecular weight excluding hydrogens is 467 g/mol. The van der Waals surface area contributed by atoms with Gasteiger partial charge in [-0.05, 0) is 43.7 Å². The molecule has 3 rings (SSSR count). The minimum Gasteiger partial charge on any atom is -0.481 e. The van der Waals surface area contributed by atoms with Gasteiger partial charge in [0, 0.05) is 7.05 Å². The molecule has 0 saturated heterocycles. The second-order valence-electron chi connectivity index (χ2n) is 6.53. The first kappa shape index (κ1) is 22.7. The Kier molecular flexibility index (Phi) is 7.52. The van der Waals surface area contributed by atoms with Gasteiger partial charge in [0.15, 0.2) is 17.1 Å². The van der Waals surface area contributed by atoms with Crippen LogP contribution in [0.2, 0.25) is 15.1 Å². The van der Waals surface area contributed by atoms with Crippen molar-refractivity contribution in [2.75, 3.05) is 11.1 Å². The molecule has 6 nitrogen and oxygen atoms in total. The fourth-order valence-electron chi connectivity index (χ4n) is 2.67. The van der Waals surface area contributed by atoms with E-state index in [2.05, 4.69) is 15.5 Å². The second-order valence-corrected chi connectivity index (χ2v) is 8.67. The molecule has 1 heterocycles. The third-order valence-electron chi connectivity index (χ3n) is 4.18. The first-order chi connectivity index (χ1) is 14.3. The summed E-state index contributed by atoms with van der Waals surface area (Å²) in [6.45, 7) is 3.83. The lowest BCUT2D eigenvalue weighted by Gasteiger charge is -2.15. The molecule has 2 aromatic carbocycles. The van der Waals surface area contributed by atoms with E-state index in [0.717, 1.165) is 5.56 Å². The number of rotatable bonds is 7. The van der Waals surface area contributed by atoms with Crippen molar-refractivity contribution < 1.29 is 9.53 Å². The zero-order valence-corrected chi connectivity index (χ0v) is 19.5. The van der Waals surface area contributed by atoms with Crippen LogP contribution in [0.5, 0.6) is 5.75 Å². The molecule has 1 aromatic heterocycles. The lowest BCUT2D eigenvalue weighted by Crippen LogP contribution is -2.15. The summed E-state index contributed by atoms with van der Waals surface area (Å²) in [5, 5.41) is 12.9. The smallest absolute Gasteiger partial charge is 0.234 e. The number of nitrogens with zero attached hydrogens (tertiary/aromatic N) is 3. The highest BCUT2D eigenvalue weighted by atomic mass is 35.5. The highest BCUT2D eigenvalue weighted by molar-refractivity contribution is 7.99. The van der Waals surface area contributed by atoms with Crippen molar-refractivity contribution in [3.63, 3.8) is 0 Å². The van der Waals surface area contributed by atoms with Crippen molar-refractivity contribution in [1.82, 2.24) is 14.8 Å². The molecule has 0 aliphatic rings. The van der Waals surface area contributed by atoms with Gasteiger partial charge in [-0.1, -0.05) is 58.7 Å². The molecule has 0 radical (unpaired) electrons. The summed E-state index contributed by atoms with van der Waals surface area (Å²) in [5.41, 5.74) is 1.51. The molecular formula is C20H19Cl3N4O2S. The maximum Gasteiger partial charge on any atom is 0.234 e. The van der Waals surface area contributed by atoms with E-state index in [1.54, 1.807) is 28.8 Å². The number of ether oxygens (including phenoxy) is 1. The van der Waals surface area contributed by atoms with Gasteiger partial charge in [-0.15, -0.1) is 10.2 Å². The largest absolute Gasteiger partial charge is 0.481 e. The number of hydrogen-bond acceptors (Lipinski definition) is 5. The molecule has 1 unspecified atom stereocenters. The number of nitrogens with one attached hydrogen (secondary N) is 1. The summed E-state index contributed by atoms with van der Waals surface area (Å²) in [5.74, 6) is 1.10. The molecule has 1 N–H and O–H groups in total. The standard InChI is InChI=1S/C20H19Cl3N4O2S/c1-11-7-8-13(21)16(9-11)29-12(2)19-25-26-20(27(19)3)30-10-17(28)24-15-6-4-5-14(22)18(15)23/h4-9,12H,10H2,1-3H3,(H,24,28). The fraction of sp³-hybridized carbons (Fsp3) is 0.250. The maximum absolute atomic E-state index is 12.3. The van der Waals surface area contributed by atoms with Crippen molar-refractivity contribution in [3.05, 3.63) is 62.9 Å². The van der Waals surface area contributed by atoms with Crippen LogP contribution in [-0.4, -0.2) is 26.4 Å². The number of amides is 1. The van der Waals surface area contributed by atoms with E-state index in [4.69, 9.17) is 39.5 Å². The van der Waals surface area contributed by atoms with Crippen LogP contribution in [0, 0.1) is 6.92 Å². The van der Waals surface area contributed by atoms with Gasteiger partial charge in [-0.3, -0.25) is 4.79 Å². The van der Waals surface area contributed by atoms with Gasteiger partial charge in [0.1, 0.15) is 5.75 Å². The van der Waals surface area contributed by atoms with Crippen LogP contribution in [0.3, 0.4) is 0 Å². The Morgan fingerprint density at radius 3 is 2.73 bits per heavy atom. The van der Waals surface area contributed by atoms with Crippen LogP contribution < -0.4 is 10.1 Å². The number of carbonyl (C=O) groups excluding carboxylic acids is 1. The van der Waals surface area contributed by atoms with Crippen LogP contribution >= 0.6 is 46.6 Å². The molecule has 30 heavy (non-hydrogen) atoms. The zero-order chi connectivity index (χ0) is 21.8. The first-order valence-corrected chi connectivity index (χ1v) is 11.1. The van der Waals surface area contributed by atoms with E-state index >= 15 is 0 Å². The third-order valence-corrected chi connectivity index (χ3v) is 6.33. The monoisotopic (exact) mass is 484 g/mol. The summed E-state index contributed by atoms with van der Waals surface area (Å²) < 4.78 is 7.75.